The van der Waals surface area contributed by atoms with Crippen molar-refractivity contribution < 1.29 is 14.4 Å². The van der Waals surface area contributed by atoms with E-state index in [1.807, 2.05) is 14.1 Å². The molecule has 1 aromatic rings. The average Bonchev–Trinajstić information content (AvgIpc) is 3.23. The lowest BCUT2D eigenvalue weighted by atomic mass is 9.48. The number of carbonyl (C=O) groups is 3. The number of pyridine rings is 1. The highest BCUT2D eigenvalue weighted by atomic mass is 16.2. The van der Waals surface area contributed by atoms with E-state index in [1.54, 1.807) is 18.2 Å². The molecule has 5 rings (SSSR count). The molecular weight excluding hydrogens is 490 g/mol. The van der Waals surface area contributed by atoms with E-state index in [2.05, 4.69) is 45.8 Å². The first kappa shape index (κ1) is 27.8. The highest BCUT2D eigenvalue weighted by Gasteiger charge is 2.59. The van der Waals surface area contributed by atoms with Crippen molar-refractivity contribution >= 4 is 23.5 Å². The molecule has 3 saturated carbocycles. The quantitative estimate of drug-likeness (QED) is 0.437. The summed E-state index contributed by atoms with van der Waals surface area (Å²) in [5.74, 6) is 2.64. The van der Waals surface area contributed by atoms with Crippen LogP contribution in [0.15, 0.2) is 30.5 Å². The summed E-state index contributed by atoms with van der Waals surface area (Å²) in [6, 6.07) is 3.68. The first-order valence-electron chi connectivity index (χ1n) is 14.8. The summed E-state index contributed by atoms with van der Waals surface area (Å²) in [5, 5.41) is 9.13. The number of aromatic nitrogens is 1. The fraction of sp³-hybridized carbons (Fsp3) is 0.677. The molecule has 0 aromatic carbocycles. The van der Waals surface area contributed by atoms with E-state index >= 15 is 0 Å². The lowest BCUT2D eigenvalue weighted by molar-refractivity contribution is -0.123. The SMILES string of the molecule is CN(C)CCCNC(=O)c1ccc(NC(=O)C[C@H]2CC[C@H]3[C@@H]4CC[C@H]5NC(=O)C=C[C@]5(C)[C@H]4CC[C@]23C)nc1. The molecule has 0 saturated heterocycles. The highest BCUT2D eigenvalue weighted by Crippen LogP contribution is 2.65. The van der Waals surface area contributed by atoms with Crippen LogP contribution in [0, 0.1) is 34.5 Å². The normalized spacial score (nSPS) is 35.0. The molecule has 212 valence electrons. The van der Waals surface area contributed by atoms with Crippen LogP contribution < -0.4 is 16.0 Å². The monoisotopic (exact) mass is 535 g/mol. The average molecular weight is 536 g/mol. The zero-order valence-electron chi connectivity index (χ0n) is 24.0. The Hall–Kier alpha value is -2.74. The number of carbonyl (C=O) groups excluding carboxylic acids is 3. The molecule has 39 heavy (non-hydrogen) atoms. The Balaban J connectivity index is 1.16. The van der Waals surface area contributed by atoms with E-state index < -0.39 is 0 Å². The molecule has 4 aliphatic rings. The van der Waals surface area contributed by atoms with Crippen LogP contribution >= 0.6 is 0 Å². The second-order valence-corrected chi connectivity index (χ2v) is 13.1. The van der Waals surface area contributed by atoms with Crippen LogP contribution in [0.5, 0.6) is 0 Å². The number of fused-ring (bicyclic) bond motifs is 5. The van der Waals surface area contributed by atoms with Gasteiger partial charge in [-0.05, 0) is 113 Å². The minimum Gasteiger partial charge on any atom is -0.352 e. The largest absolute Gasteiger partial charge is 0.352 e. The molecule has 3 aliphatic carbocycles. The predicted molar refractivity (Wildman–Crippen MR) is 152 cm³/mol. The Morgan fingerprint density at radius 2 is 1.92 bits per heavy atom. The maximum Gasteiger partial charge on any atom is 0.252 e. The summed E-state index contributed by atoms with van der Waals surface area (Å²) >= 11 is 0. The van der Waals surface area contributed by atoms with Gasteiger partial charge in [-0.15, -0.1) is 0 Å². The van der Waals surface area contributed by atoms with Gasteiger partial charge < -0.3 is 20.9 Å². The van der Waals surface area contributed by atoms with E-state index in [-0.39, 0.29) is 34.6 Å². The molecule has 3 fully saturated rings. The maximum atomic E-state index is 13.1. The Morgan fingerprint density at radius 3 is 2.67 bits per heavy atom. The summed E-state index contributed by atoms with van der Waals surface area (Å²) in [4.78, 5) is 43.9. The first-order chi connectivity index (χ1) is 18.6. The number of amides is 3. The Bertz CT molecular complexity index is 1120. The van der Waals surface area contributed by atoms with Crippen molar-refractivity contribution in [3.8, 4) is 0 Å². The van der Waals surface area contributed by atoms with Gasteiger partial charge in [0.15, 0.2) is 0 Å². The van der Waals surface area contributed by atoms with Gasteiger partial charge in [0.1, 0.15) is 5.82 Å². The molecule has 1 aliphatic heterocycles. The number of nitrogens with one attached hydrogen (secondary N) is 3. The molecule has 0 spiro atoms. The molecule has 8 nitrogen and oxygen atoms in total. The highest BCUT2D eigenvalue weighted by molar-refractivity contribution is 5.95. The Labute approximate surface area is 232 Å². The van der Waals surface area contributed by atoms with E-state index in [1.165, 1.54) is 12.6 Å². The number of anilines is 1. The summed E-state index contributed by atoms with van der Waals surface area (Å²) in [6.07, 6.45) is 13.6. The summed E-state index contributed by atoms with van der Waals surface area (Å²) < 4.78 is 0. The third-order valence-corrected chi connectivity index (χ3v) is 10.7. The van der Waals surface area contributed by atoms with Crippen molar-refractivity contribution in [2.75, 3.05) is 32.5 Å². The van der Waals surface area contributed by atoms with Gasteiger partial charge in [0.2, 0.25) is 11.8 Å². The van der Waals surface area contributed by atoms with Crippen LogP contribution in [-0.4, -0.2) is 60.8 Å². The van der Waals surface area contributed by atoms with Crippen LogP contribution in [0.1, 0.15) is 75.6 Å². The standard InChI is InChI=1S/C31H45N5O3/c1-30-14-12-24-22(8-10-25-31(24,2)15-13-27(37)34-25)23(30)9-7-21(30)18-28(38)35-26-11-6-20(19-33-26)29(39)32-16-5-17-36(3)4/h6,11,13,15,19,21-25H,5,7-10,12,14,16-18H2,1-4H3,(H,32,39)(H,34,37)(H,33,35,38)/t21-,22+,23+,24+,25-,30-,31-/m1/s1. The molecule has 0 radical (unpaired) electrons. The predicted octanol–water partition coefficient (Wildman–Crippen LogP) is 4.01. The van der Waals surface area contributed by atoms with Crippen molar-refractivity contribution in [2.45, 2.75) is 71.3 Å². The Morgan fingerprint density at radius 1 is 1.10 bits per heavy atom. The van der Waals surface area contributed by atoms with E-state index in [0.29, 0.717) is 48.0 Å². The number of hydrogen-bond donors (Lipinski definition) is 3. The van der Waals surface area contributed by atoms with Crippen LogP contribution in [0.4, 0.5) is 5.82 Å². The molecule has 0 bridgehead atoms. The van der Waals surface area contributed by atoms with E-state index in [4.69, 9.17) is 0 Å². The van der Waals surface area contributed by atoms with Gasteiger partial charge >= 0.3 is 0 Å². The second-order valence-electron chi connectivity index (χ2n) is 13.1. The van der Waals surface area contributed by atoms with Crippen LogP contribution in [0.3, 0.4) is 0 Å². The lowest BCUT2D eigenvalue weighted by Crippen LogP contribution is -2.59. The van der Waals surface area contributed by atoms with Crippen molar-refractivity contribution in [3.05, 3.63) is 36.0 Å². The molecule has 3 amide bonds. The molecule has 3 N–H and O–H groups in total. The van der Waals surface area contributed by atoms with Gasteiger partial charge in [-0.2, -0.15) is 0 Å². The third-order valence-electron chi connectivity index (χ3n) is 10.7. The van der Waals surface area contributed by atoms with Gasteiger partial charge in [-0.25, -0.2) is 4.98 Å². The molecule has 7 atom stereocenters. The summed E-state index contributed by atoms with van der Waals surface area (Å²) in [6.45, 7) is 6.31. The minimum atomic E-state index is -0.145. The zero-order valence-corrected chi connectivity index (χ0v) is 24.0. The number of rotatable bonds is 8. The zero-order chi connectivity index (χ0) is 27.8. The lowest BCUT2D eigenvalue weighted by Gasteiger charge is -2.59. The summed E-state index contributed by atoms with van der Waals surface area (Å²) in [5.41, 5.74) is 0.705. The number of nitrogens with zero attached hydrogens (tertiary/aromatic N) is 2. The fourth-order valence-corrected chi connectivity index (χ4v) is 8.50. The van der Waals surface area contributed by atoms with Crippen molar-refractivity contribution in [3.63, 3.8) is 0 Å². The fourth-order valence-electron chi connectivity index (χ4n) is 8.50. The first-order valence-corrected chi connectivity index (χ1v) is 14.8. The molecule has 1 aromatic heterocycles. The van der Waals surface area contributed by atoms with Crippen molar-refractivity contribution in [1.29, 1.82) is 0 Å². The molecule has 8 heteroatoms. The van der Waals surface area contributed by atoms with E-state index in [0.717, 1.165) is 45.1 Å². The maximum absolute atomic E-state index is 13.1. The van der Waals surface area contributed by atoms with Crippen LogP contribution in [0.2, 0.25) is 0 Å². The second kappa shape index (κ2) is 11.0. The Kier molecular flexibility index (Phi) is 7.86. The summed E-state index contributed by atoms with van der Waals surface area (Å²) in [7, 11) is 4.02. The van der Waals surface area contributed by atoms with Crippen molar-refractivity contribution in [2.24, 2.45) is 34.5 Å². The number of hydrogen-bond acceptors (Lipinski definition) is 5. The third kappa shape index (κ3) is 5.49. The molecular formula is C31H45N5O3. The molecule has 0 unspecified atom stereocenters. The van der Waals surface area contributed by atoms with E-state index in [9.17, 15) is 14.4 Å². The smallest absolute Gasteiger partial charge is 0.252 e. The van der Waals surface area contributed by atoms with Gasteiger partial charge in [0.05, 0.1) is 5.56 Å². The van der Waals surface area contributed by atoms with Gasteiger partial charge in [0, 0.05) is 30.6 Å². The topological polar surface area (TPSA) is 103 Å². The van der Waals surface area contributed by atoms with Gasteiger partial charge in [-0.3, -0.25) is 14.4 Å². The van der Waals surface area contributed by atoms with Crippen LogP contribution in [-0.2, 0) is 9.59 Å². The van der Waals surface area contributed by atoms with Crippen molar-refractivity contribution in [1.82, 2.24) is 20.5 Å². The van der Waals surface area contributed by atoms with Gasteiger partial charge in [-0.1, -0.05) is 19.9 Å². The van der Waals surface area contributed by atoms with Gasteiger partial charge in [0.25, 0.3) is 5.91 Å². The van der Waals surface area contributed by atoms with Crippen LogP contribution in [0.25, 0.3) is 0 Å². The minimum absolute atomic E-state index is 0.00554. The molecule has 2 heterocycles.